The van der Waals surface area contributed by atoms with E-state index in [0.717, 1.165) is 0 Å². The van der Waals surface area contributed by atoms with Crippen molar-refractivity contribution < 1.29 is 0 Å². The van der Waals surface area contributed by atoms with E-state index < -0.39 is 16.7 Å². The second kappa shape index (κ2) is 4.45. The fourth-order valence-electron chi connectivity index (χ4n) is 1.52. The van der Waals surface area contributed by atoms with Crippen molar-refractivity contribution in [2.75, 3.05) is 0 Å². The molecule has 1 atom stereocenters. The van der Waals surface area contributed by atoms with E-state index in [2.05, 4.69) is 0 Å². The van der Waals surface area contributed by atoms with Crippen LogP contribution in [0, 0.1) is 62.1 Å². The molecule has 0 aromatic carbocycles. The molecule has 4 heteroatoms. The van der Waals surface area contributed by atoms with E-state index in [-0.39, 0.29) is 6.42 Å². The summed E-state index contributed by atoms with van der Waals surface area (Å²) in [5.74, 6) is -0.452. The smallest absolute Gasteiger partial charge is 0.165 e. The van der Waals surface area contributed by atoms with Gasteiger partial charge >= 0.3 is 0 Å². The molecule has 0 spiro atoms. The molecule has 15 heavy (non-hydrogen) atoms. The molecular weight excluding hydrogens is 188 g/mol. The fourth-order valence-corrected chi connectivity index (χ4v) is 1.52. The lowest BCUT2D eigenvalue weighted by atomic mass is 9.61. The molecule has 0 aliphatic carbocycles. The van der Waals surface area contributed by atoms with Gasteiger partial charge in [0.1, 0.15) is 0 Å². The molecule has 0 rings (SSSR count). The number of nitrogens with zero attached hydrogens (tertiary/aromatic N) is 4. The zero-order chi connectivity index (χ0) is 12.1. The molecule has 0 heterocycles. The standard InChI is InChI=1S/C11H12N4/c1-9(4-5-12)11(7-14,8-15)10(2,3)6-13/h9H,4H2,1-3H3. The first-order valence-corrected chi connectivity index (χ1v) is 4.52. The molecule has 4 nitrogen and oxygen atoms in total. The number of rotatable bonds is 3. The first kappa shape index (κ1) is 13.0. The second-order valence-corrected chi connectivity index (χ2v) is 4.03. The Kier molecular flexibility index (Phi) is 3.85. The van der Waals surface area contributed by atoms with Crippen LogP contribution >= 0.6 is 0 Å². The Morgan fingerprint density at radius 2 is 1.47 bits per heavy atom. The molecule has 0 bridgehead atoms. The minimum atomic E-state index is -1.43. The first-order valence-electron chi connectivity index (χ1n) is 4.52. The summed E-state index contributed by atoms with van der Waals surface area (Å²) in [6.45, 7) is 4.75. The molecule has 1 unspecified atom stereocenters. The molecular formula is C11H12N4. The van der Waals surface area contributed by atoms with Crippen LogP contribution in [0.2, 0.25) is 0 Å². The Morgan fingerprint density at radius 3 is 1.73 bits per heavy atom. The Labute approximate surface area is 90.0 Å². The first-order chi connectivity index (χ1) is 6.91. The van der Waals surface area contributed by atoms with E-state index in [9.17, 15) is 0 Å². The minimum Gasteiger partial charge on any atom is -0.198 e. The van der Waals surface area contributed by atoms with Crippen LogP contribution in [0.4, 0.5) is 0 Å². The molecule has 76 valence electrons. The van der Waals surface area contributed by atoms with Crippen molar-refractivity contribution in [3.05, 3.63) is 0 Å². The number of nitriles is 4. The fraction of sp³-hybridized carbons (Fsp3) is 0.636. The van der Waals surface area contributed by atoms with Gasteiger partial charge in [-0.1, -0.05) is 6.92 Å². The van der Waals surface area contributed by atoms with Gasteiger partial charge in [0.2, 0.25) is 0 Å². The maximum absolute atomic E-state index is 9.11. The molecule has 0 N–H and O–H groups in total. The highest BCUT2D eigenvalue weighted by Crippen LogP contribution is 2.44. The van der Waals surface area contributed by atoms with Crippen LogP contribution in [0.3, 0.4) is 0 Å². The van der Waals surface area contributed by atoms with Gasteiger partial charge in [0, 0.05) is 12.3 Å². The zero-order valence-electron chi connectivity index (χ0n) is 9.07. The molecule has 0 saturated carbocycles. The van der Waals surface area contributed by atoms with Crippen molar-refractivity contribution in [1.82, 2.24) is 0 Å². The summed E-state index contributed by atoms with van der Waals surface area (Å²) in [5, 5.41) is 35.8. The third kappa shape index (κ3) is 1.90. The van der Waals surface area contributed by atoms with Gasteiger partial charge in [0.15, 0.2) is 5.41 Å². The van der Waals surface area contributed by atoms with Crippen molar-refractivity contribution in [2.45, 2.75) is 27.2 Å². The van der Waals surface area contributed by atoms with E-state index in [1.165, 1.54) is 0 Å². The minimum absolute atomic E-state index is 0.0895. The average molecular weight is 200 g/mol. The van der Waals surface area contributed by atoms with Gasteiger partial charge < -0.3 is 0 Å². The Bertz CT molecular complexity index is 380. The predicted molar refractivity (Wildman–Crippen MR) is 52.4 cm³/mol. The second-order valence-electron chi connectivity index (χ2n) is 4.03. The van der Waals surface area contributed by atoms with Crippen LogP contribution in [-0.2, 0) is 0 Å². The quantitative estimate of drug-likeness (QED) is 0.697. The summed E-state index contributed by atoms with van der Waals surface area (Å²) < 4.78 is 0. The molecule has 0 radical (unpaired) electrons. The van der Waals surface area contributed by atoms with E-state index in [4.69, 9.17) is 21.0 Å². The largest absolute Gasteiger partial charge is 0.198 e. The van der Waals surface area contributed by atoms with Gasteiger partial charge in [0.05, 0.1) is 29.7 Å². The maximum atomic E-state index is 9.11. The van der Waals surface area contributed by atoms with Crippen molar-refractivity contribution in [1.29, 1.82) is 21.0 Å². The Balaban J connectivity index is 5.52. The molecule has 0 saturated heterocycles. The van der Waals surface area contributed by atoms with Crippen molar-refractivity contribution in [2.24, 2.45) is 16.7 Å². The SMILES string of the molecule is CC(CC#N)C(C#N)(C#N)C(C)(C)C#N. The van der Waals surface area contributed by atoms with Gasteiger partial charge in [-0.05, 0) is 13.8 Å². The zero-order valence-corrected chi connectivity index (χ0v) is 9.07. The summed E-state index contributed by atoms with van der Waals surface area (Å²) in [6, 6.07) is 7.71. The molecule has 0 aromatic heterocycles. The maximum Gasteiger partial charge on any atom is 0.165 e. The van der Waals surface area contributed by atoms with E-state index in [0.29, 0.717) is 0 Å². The lowest BCUT2D eigenvalue weighted by Gasteiger charge is -2.34. The van der Waals surface area contributed by atoms with Crippen LogP contribution in [0.25, 0.3) is 0 Å². The van der Waals surface area contributed by atoms with Gasteiger partial charge in [-0.2, -0.15) is 21.0 Å². The van der Waals surface area contributed by atoms with Crippen molar-refractivity contribution in [3.8, 4) is 24.3 Å². The highest BCUT2D eigenvalue weighted by molar-refractivity contribution is 5.27. The lowest BCUT2D eigenvalue weighted by Crippen LogP contribution is -2.40. The third-order valence-corrected chi connectivity index (χ3v) is 2.75. The monoisotopic (exact) mass is 200 g/mol. The van der Waals surface area contributed by atoms with E-state index in [1.54, 1.807) is 20.8 Å². The molecule has 0 aliphatic heterocycles. The van der Waals surface area contributed by atoms with Gasteiger partial charge in [0.25, 0.3) is 0 Å². The topological polar surface area (TPSA) is 95.2 Å². The molecule has 0 amide bonds. The van der Waals surface area contributed by atoms with Crippen LogP contribution in [-0.4, -0.2) is 0 Å². The van der Waals surface area contributed by atoms with Crippen molar-refractivity contribution >= 4 is 0 Å². The molecule has 0 fully saturated rings. The Hall–Kier alpha value is -2.04. The Morgan fingerprint density at radius 1 is 1.00 bits per heavy atom. The summed E-state index contributed by atoms with van der Waals surface area (Å²) in [4.78, 5) is 0. The van der Waals surface area contributed by atoms with Crippen molar-refractivity contribution in [3.63, 3.8) is 0 Å². The normalized spacial score (nSPS) is 12.7. The summed E-state index contributed by atoms with van der Waals surface area (Å²) in [7, 11) is 0. The number of hydrogen-bond donors (Lipinski definition) is 0. The van der Waals surface area contributed by atoms with Crippen LogP contribution in [0.15, 0.2) is 0 Å². The highest BCUT2D eigenvalue weighted by atomic mass is 14.5. The lowest BCUT2D eigenvalue weighted by molar-refractivity contribution is 0.189. The van der Waals surface area contributed by atoms with Crippen LogP contribution in [0.5, 0.6) is 0 Å². The van der Waals surface area contributed by atoms with Gasteiger partial charge in [-0.3, -0.25) is 0 Å². The summed E-state index contributed by atoms with van der Waals surface area (Å²) in [6.07, 6.45) is 0.0895. The van der Waals surface area contributed by atoms with Gasteiger partial charge in [-0.25, -0.2) is 0 Å². The summed E-state index contributed by atoms with van der Waals surface area (Å²) in [5.41, 5.74) is -2.52. The highest BCUT2D eigenvalue weighted by Gasteiger charge is 2.50. The predicted octanol–water partition coefficient (Wildman–Crippen LogP) is 2.12. The van der Waals surface area contributed by atoms with E-state index >= 15 is 0 Å². The van der Waals surface area contributed by atoms with Crippen LogP contribution < -0.4 is 0 Å². The molecule has 0 aliphatic rings. The average Bonchev–Trinajstić information content (AvgIpc) is 2.20. The third-order valence-electron chi connectivity index (χ3n) is 2.75. The number of hydrogen-bond acceptors (Lipinski definition) is 4. The van der Waals surface area contributed by atoms with Gasteiger partial charge in [-0.15, -0.1) is 0 Å². The van der Waals surface area contributed by atoms with E-state index in [1.807, 2.05) is 24.3 Å². The van der Waals surface area contributed by atoms with Crippen LogP contribution in [0.1, 0.15) is 27.2 Å². The summed E-state index contributed by atoms with van der Waals surface area (Å²) >= 11 is 0. The molecule has 0 aromatic rings.